The average molecular weight is 198 g/mol. The lowest BCUT2D eigenvalue weighted by Crippen LogP contribution is -2.38. The predicted molar refractivity (Wildman–Crippen MR) is 55.1 cm³/mol. The van der Waals surface area contributed by atoms with E-state index >= 15 is 0 Å². The number of morpholine rings is 1. The molecule has 1 aliphatic rings. The van der Waals surface area contributed by atoms with Crippen molar-refractivity contribution in [2.45, 2.75) is 6.42 Å². The summed E-state index contributed by atoms with van der Waals surface area (Å²) in [5, 5.41) is 2.76. The maximum absolute atomic E-state index is 11.2. The maximum Gasteiger partial charge on any atom is 0.221 e. The third kappa shape index (κ3) is 4.39. The fraction of sp³-hybridized carbons (Fsp3) is 0.700. The number of hydrogen-bond donors (Lipinski definition) is 1. The fourth-order valence-electron chi connectivity index (χ4n) is 1.36. The molecule has 0 aromatic carbocycles. The van der Waals surface area contributed by atoms with Crippen LogP contribution in [-0.4, -0.2) is 50.2 Å². The quantitative estimate of drug-likeness (QED) is 0.633. The van der Waals surface area contributed by atoms with E-state index in [9.17, 15) is 4.79 Å². The molecule has 0 aliphatic carbocycles. The van der Waals surface area contributed by atoms with E-state index in [-0.39, 0.29) is 5.91 Å². The minimum Gasteiger partial charge on any atom is -0.379 e. The number of carbonyl (C=O) groups is 1. The van der Waals surface area contributed by atoms with Gasteiger partial charge in [0.15, 0.2) is 0 Å². The summed E-state index contributed by atoms with van der Waals surface area (Å²) in [6.45, 7) is 8.37. The van der Waals surface area contributed by atoms with E-state index in [2.05, 4.69) is 16.8 Å². The molecule has 4 heteroatoms. The molecule has 4 nitrogen and oxygen atoms in total. The minimum absolute atomic E-state index is 0.0939. The smallest absolute Gasteiger partial charge is 0.221 e. The molecule has 0 radical (unpaired) electrons. The summed E-state index contributed by atoms with van der Waals surface area (Å²) < 4.78 is 5.22. The van der Waals surface area contributed by atoms with Gasteiger partial charge in [0.05, 0.1) is 13.2 Å². The van der Waals surface area contributed by atoms with Gasteiger partial charge in [0.25, 0.3) is 0 Å². The van der Waals surface area contributed by atoms with Gasteiger partial charge < -0.3 is 10.1 Å². The van der Waals surface area contributed by atoms with Crippen LogP contribution in [0.1, 0.15) is 6.42 Å². The van der Waals surface area contributed by atoms with E-state index in [1.165, 1.54) is 0 Å². The number of ether oxygens (including phenoxy) is 1. The molecule has 0 atom stereocenters. The summed E-state index contributed by atoms with van der Waals surface area (Å²) in [6.07, 6.45) is 2.25. The Morgan fingerprint density at radius 1 is 1.50 bits per heavy atom. The molecule has 1 heterocycles. The van der Waals surface area contributed by atoms with Crippen LogP contribution in [-0.2, 0) is 9.53 Å². The summed E-state index contributed by atoms with van der Waals surface area (Å²) >= 11 is 0. The van der Waals surface area contributed by atoms with E-state index in [0.717, 1.165) is 32.8 Å². The second-order valence-electron chi connectivity index (χ2n) is 3.30. The largest absolute Gasteiger partial charge is 0.379 e. The number of rotatable bonds is 5. The van der Waals surface area contributed by atoms with Gasteiger partial charge in [-0.05, 0) is 0 Å². The van der Waals surface area contributed by atoms with E-state index < -0.39 is 0 Å². The Balaban J connectivity index is 2.06. The molecule has 80 valence electrons. The standard InChI is InChI=1S/C10H18N2O2/c1-2-4-11-10(13)3-5-12-6-8-14-9-7-12/h2H,1,3-9H2,(H,11,13). The highest BCUT2D eigenvalue weighted by Crippen LogP contribution is 1.97. The van der Waals surface area contributed by atoms with Crippen LogP contribution in [0.25, 0.3) is 0 Å². The number of amides is 1. The van der Waals surface area contributed by atoms with Crippen molar-refractivity contribution in [3.8, 4) is 0 Å². The van der Waals surface area contributed by atoms with Crippen molar-refractivity contribution in [3.05, 3.63) is 12.7 Å². The molecule has 0 bridgehead atoms. The van der Waals surface area contributed by atoms with Gasteiger partial charge in [-0.2, -0.15) is 0 Å². The van der Waals surface area contributed by atoms with Crippen LogP contribution in [0.4, 0.5) is 0 Å². The molecular weight excluding hydrogens is 180 g/mol. The first-order chi connectivity index (χ1) is 6.83. The summed E-state index contributed by atoms with van der Waals surface area (Å²) in [4.78, 5) is 13.5. The van der Waals surface area contributed by atoms with Gasteiger partial charge in [0.1, 0.15) is 0 Å². The normalized spacial score (nSPS) is 17.7. The lowest BCUT2D eigenvalue weighted by atomic mass is 10.3. The monoisotopic (exact) mass is 198 g/mol. The molecule has 1 amide bonds. The van der Waals surface area contributed by atoms with Gasteiger partial charge in [-0.1, -0.05) is 6.08 Å². The molecule has 0 unspecified atom stereocenters. The number of nitrogens with zero attached hydrogens (tertiary/aromatic N) is 1. The lowest BCUT2D eigenvalue weighted by molar-refractivity contribution is -0.121. The molecule has 1 saturated heterocycles. The summed E-state index contributed by atoms with van der Waals surface area (Å²) in [5.41, 5.74) is 0. The fourth-order valence-corrected chi connectivity index (χ4v) is 1.36. The predicted octanol–water partition coefficient (Wildman–Crippen LogP) is 0.0109. The zero-order valence-corrected chi connectivity index (χ0v) is 8.50. The summed E-state index contributed by atoms with van der Waals surface area (Å²) in [5.74, 6) is 0.0939. The molecular formula is C10H18N2O2. The zero-order valence-electron chi connectivity index (χ0n) is 8.50. The van der Waals surface area contributed by atoms with Gasteiger partial charge in [0, 0.05) is 32.6 Å². The van der Waals surface area contributed by atoms with Crippen molar-refractivity contribution in [3.63, 3.8) is 0 Å². The highest BCUT2D eigenvalue weighted by atomic mass is 16.5. The van der Waals surface area contributed by atoms with Crippen LogP contribution >= 0.6 is 0 Å². The van der Waals surface area contributed by atoms with E-state index in [1.807, 2.05) is 0 Å². The Bertz CT molecular complexity index is 189. The van der Waals surface area contributed by atoms with Gasteiger partial charge in [-0.25, -0.2) is 0 Å². The molecule has 0 aromatic heterocycles. The Hall–Kier alpha value is -0.870. The first-order valence-corrected chi connectivity index (χ1v) is 5.00. The van der Waals surface area contributed by atoms with Crippen LogP contribution in [0.15, 0.2) is 12.7 Å². The van der Waals surface area contributed by atoms with Crippen molar-refractivity contribution < 1.29 is 9.53 Å². The van der Waals surface area contributed by atoms with Crippen molar-refractivity contribution in [2.75, 3.05) is 39.4 Å². The third-order valence-corrected chi connectivity index (χ3v) is 2.20. The van der Waals surface area contributed by atoms with Crippen LogP contribution in [0.3, 0.4) is 0 Å². The van der Waals surface area contributed by atoms with Crippen molar-refractivity contribution in [2.24, 2.45) is 0 Å². The average Bonchev–Trinajstić information content (AvgIpc) is 2.25. The Morgan fingerprint density at radius 2 is 2.21 bits per heavy atom. The van der Waals surface area contributed by atoms with Crippen molar-refractivity contribution >= 4 is 5.91 Å². The zero-order chi connectivity index (χ0) is 10.2. The van der Waals surface area contributed by atoms with Crippen LogP contribution in [0.2, 0.25) is 0 Å². The molecule has 1 rings (SSSR count). The highest BCUT2D eigenvalue weighted by molar-refractivity contribution is 5.76. The number of carbonyl (C=O) groups excluding carboxylic acids is 1. The second kappa shape index (κ2) is 6.56. The second-order valence-corrected chi connectivity index (χ2v) is 3.30. The van der Waals surface area contributed by atoms with Crippen molar-refractivity contribution in [1.29, 1.82) is 0 Å². The molecule has 0 aromatic rings. The summed E-state index contributed by atoms with van der Waals surface area (Å²) in [7, 11) is 0. The Kier molecular flexibility index (Phi) is 5.25. The van der Waals surface area contributed by atoms with E-state index in [1.54, 1.807) is 6.08 Å². The minimum atomic E-state index is 0.0939. The Morgan fingerprint density at radius 3 is 2.86 bits per heavy atom. The van der Waals surface area contributed by atoms with E-state index in [0.29, 0.717) is 13.0 Å². The number of hydrogen-bond acceptors (Lipinski definition) is 3. The van der Waals surface area contributed by atoms with Gasteiger partial charge in [0.2, 0.25) is 5.91 Å². The lowest BCUT2D eigenvalue weighted by Gasteiger charge is -2.26. The van der Waals surface area contributed by atoms with Gasteiger partial charge in [-0.15, -0.1) is 6.58 Å². The summed E-state index contributed by atoms with van der Waals surface area (Å²) in [6, 6.07) is 0. The molecule has 1 N–H and O–H groups in total. The van der Waals surface area contributed by atoms with Crippen molar-refractivity contribution in [1.82, 2.24) is 10.2 Å². The van der Waals surface area contributed by atoms with Crippen LogP contribution in [0, 0.1) is 0 Å². The molecule has 1 aliphatic heterocycles. The molecule has 14 heavy (non-hydrogen) atoms. The topological polar surface area (TPSA) is 41.6 Å². The number of nitrogens with one attached hydrogen (secondary N) is 1. The van der Waals surface area contributed by atoms with E-state index in [4.69, 9.17) is 4.74 Å². The highest BCUT2D eigenvalue weighted by Gasteiger charge is 2.11. The SMILES string of the molecule is C=CCNC(=O)CCN1CCOCC1. The molecule has 0 saturated carbocycles. The molecule has 0 spiro atoms. The molecule has 1 fully saturated rings. The first kappa shape index (κ1) is 11.2. The maximum atomic E-state index is 11.2. The first-order valence-electron chi connectivity index (χ1n) is 5.00. The van der Waals surface area contributed by atoms with Gasteiger partial charge >= 0.3 is 0 Å². The Labute approximate surface area is 84.9 Å². The van der Waals surface area contributed by atoms with Crippen LogP contribution in [0.5, 0.6) is 0 Å². The van der Waals surface area contributed by atoms with Gasteiger partial charge in [-0.3, -0.25) is 9.69 Å². The van der Waals surface area contributed by atoms with Crippen LogP contribution < -0.4 is 5.32 Å². The third-order valence-electron chi connectivity index (χ3n) is 2.20.